The first kappa shape index (κ1) is 39.9. The van der Waals surface area contributed by atoms with Crippen LogP contribution in [0.15, 0.2) is 0 Å². The Morgan fingerprint density at radius 2 is 1.29 bits per heavy atom. The number of rotatable bonds is 28. The van der Waals surface area contributed by atoms with Crippen molar-refractivity contribution in [3.63, 3.8) is 0 Å². The van der Waals surface area contributed by atoms with Gasteiger partial charge in [-0.3, -0.25) is 14.7 Å². The molecule has 3 N–H and O–H groups in total. The molecule has 0 spiro atoms. The molecule has 248 valence electrons. The molecular weight excluding hydrogens is 589 g/mol. The van der Waals surface area contributed by atoms with E-state index < -0.39 is 26.1 Å². The van der Waals surface area contributed by atoms with E-state index in [1.807, 2.05) is 0 Å². The van der Waals surface area contributed by atoms with Gasteiger partial charge in [-0.05, 0) is 6.42 Å². The number of methoxy groups -OCH3 is 2. The van der Waals surface area contributed by atoms with Gasteiger partial charge < -0.3 is 62.5 Å². The van der Waals surface area contributed by atoms with Gasteiger partial charge in [0.15, 0.2) is 0 Å². The third-order valence-electron chi connectivity index (χ3n) is 4.67. The van der Waals surface area contributed by atoms with Crippen LogP contribution in [0.5, 0.6) is 0 Å². The molecule has 2 atom stereocenters. The quantitative estimate of drug-likeness (QED) is 0.0542. The molecule has 3 amide bonds. The summed E-state index contributed by atoms with van der Waals surface area (Å²) in [5, 5.41) is 7.56. The smallest absolute Gasteiger partial charge is 0.409 e. The highest BCUT2D eigenvalue weighted by Gasteiger charge is 2.16. The van der Waals surface area contributed by atoms with Crippen LogP contribution in [-0.2, 0) is 56.3 Å². The van der Waals surface area contributed by atoms with E-state index in [-0.39, 0.29) is 78.4 Å². The molecule has 0 heterocycles. The maximum atomic E-state index is 12.0. The largest absolute Gasteiger partial charge is 0.756 e. The number of nitrogens with one attached hydrogen (secondary N) is 3. The number of hydrogen-bond donors (Lipinski definition) is 3. The van der Waals surface area contributed by atoms with Crippen molar-refractivity contribution in [2.75, 3.05) is 114 Å². The maximum absolute atomic E-state index is 12.0. The summed E-state index contributed by atoms with van der Waals surface area (Å²) in [5.41, 5.74) is 0. The molecule has 0 aromatic rings. The van der Waals surface area contributed by atoms with Crippen LogP contribution in [0.2, 0.25) is 0 Å². The molecule has 0 radical (unpaired) electrons. The van der Waals surface area contributed by atoms with Gasteiger partial charge >= 0.3 is 12.2 Å². The summed E-state index contributed by atoms with van der Waals surface area (Å²) in [6.07, 6.45) is -1.79. The Morgan fingerprint density at radius 1 is 0.714 bits per heavy atom. The van der Waals surface area contributed by atoms with Gasteiger partial charge in [0.25, 0.3) is 7.82 Å². The number of hydrogen-bond acceptors (Lipinski definition) is 15. The second kappa shape index (κ2) is 27.7. The fourth-order valence-corrected chi connectivity index (χ4v) is 2.98. The van der Waals surface area contributed by atoms with E-state index >= 15 is 0 Å². The molecule has 18 nitrogen and oxygen atoms in total. The highest BCUT2D eigenvalue weighted by molar-refractivity contribution is 7.45. The second-order valence-electron chi connectivity index (χ2n) is 7.97. The number of carbonyl (C=O) groups is 3. The molecule has 0 aliphatic carbocycles. The normalized spacial score (nSPS) is 13.1. The molecule has 0 aromatic heterocycles. The molecule has 0 bridgehead atoms. The summed E-state index contributed by atoms with van der Waals surface area (Å²) in [5.74, 6) is -0.258. The molecule has 0 aliphatic heterocycles. The van der Waals surface area contributed by atoms with Crippen molar-refractivity contribution in [1.29, 1.82) is 0 Å². The number of phosphoric ester groups is 1. The standard InChI is InChI=1S/C23H46N3O15P/c1-32-11-13-35-10-7-25-22(28)39-17-20(18-40-23(29)26-19-37-14-12-33-2)38-8-4-5-21(27)24-6-9-36-15-16-41-42(30,31)34-3/h20H,4-19H2,1-3H3,(H,24,27)(H,25,28)(H,26,29)(H,30,31)/p-1. The lowest BCUT2D eigenvalue weighted by Gasteiger charge is -2.19. The van der Waals surface area contributed by atoms with Crippen molar-refractivity contribution >= 4 is 25.9 Å². The molecule has 2 unspecified atom stereocenters. The highest BCUT2D eigenvalue weighted by Crippen LogP contribution is 2.36. The van der Waals surface area contributed by atoms with E-state index in [1.165, 1.54) is 7.11 Å². The molecule has 0 saturated heterocycles. The van der Waals surface area contributed by atoms with E-state index in [9.17, 15) is 23.8 Å². The van der Waals surface area contributed by atoms with E-state index in [1.54, 1.807) is 7.11 Å². The third-order valence-corrected chi connectivity index (χ3v) is 5.62. The molecule has 0 aromatic carbocycles. The molecule has 19 heteroatoms. The number of phosphoric acid groups is 1. The average Bonchev–Trinajstić information content (AvgIpc) is 2.97. The lowest BCUT2D eigenvalue weighted by molar-refractivity contribution is -0.223. The Hall–Kier alpha value is -2.12. The minimum atomic E-state index is -4.29. The number of carbonyl (C=O) groups excluding carboxylic acids is 3. The van der Waals surface area contributed by atoms with Gasteiger partial charge in [0, 0.05) is 47.4 Å². The first-order valence-electron chi connectivity index (χ1n) is 13.2. The fourth-order valence-electron chi connectivity index (χ4n) is 2.57. The monoisotopic (exact) mass is 634 g/mol. The van der Waals surface area contributed by atoms with Crippen LogP contribution in [0.25, 0.3) is 0 Å². The molecule has 0 rings (SSSR count). The van der Waals surface area contributed by atoms with Crippen LogP contribution in [0.4, 0.5) is 9.59 Å². The predicted octanol–water partition coefficient (Wildman–Crippen LogP) is -0.848. The average molecular weight is 635 g/mol. The highest BCUT2D eigenvalue weighted by atomic mass is 31.2. The number of ether oxygens (including phenoxy) is 8. The van der Waals surface area contributed by atoms with Gasteiger partial charge in [-0.2, -0.15) is 0 Å². The van der Waals surface area contributed by atoms with Crippen molar-refractivity contribution in [1.82, 2.24) is 16.0 Å². The Morgan fingerprint density at radius 3 is 1.90 bits per heavy atom. The lowest BCUT2D eigenvalue weighted by Crippen LogP contribution is -2.35. The van der Waals surface area contributed by atoms with Gasteiger partial charge in [-0.1, -0.05) is 0 Å². The second-order valence-corrected chi connectivity index (χ2v) is 9.49. The zero-order valence-electron chi connectivity index (χ0n) is 24.5. The fraction of sp³-hybridized carbons (Fsp3) is 0.870. The Bertz CT molecular complexity index is 750. The van der Waals surface area contributed by atoms with E-state index in [4.69, 9.17) is 37.9 Å². The van der Waals surface area contributed by atoms with Crippen LogP contribution in [0.3, 0.4) is 0 Å². The zero-order valence-corrected chi connectivity index (χ0v) is 25.4. The Balaban J connectivity index is 4.29. The maximum Gasteiger partial charge on any atom is 0.409 e. The van der Waals surface area contributed by atoms with Crippen LogP contribution in [-0.4, -0.2) is 138 Å². The lowest BCUT2D eigenvalue weighted by atomic mass is 10.3. The summed E-state index contributed by atoms with van der Waals surface area (Å²) < 4.78 is 60.8. The van der Waals surface area contributed by atoms with Crippen molar-refractivity contribution in [2.45, 2.75) is 18.9 Å². The van der Waals surface area contributed by atoms with Gasteiger partial charge in [0.05, 0.1) is 52.9 Å². The minimum Gasteiger partial charge on any atom is -0.756 e. The zero-order chi connectivity index (χ0) is 31.3. The van der Waals surface area contributed by atoms with Crippen LogP contribution in [0.1, 0.15) is 12.8 Å². The summed E-state index contributed by atoms with van der Waals surface area (Å²) >= 11 is 0. The van der Waals surface area contributed by atoms with E-state index in [0.29, 0.717) is 32.8 Å². The number of alkyl carbamates (subject to hydrolysis) is 2. The number of amides is 3. The van der Waals surface area contributed by atoms with Gasteiger partial charge in [0.2, 0.25) is 5.91 Å². The SMILES string of the molecule is COCCOCCNC(=O)OCC(COC(=O)NCOCCOC)OCCCC(=O)NCCOCCOP(=O)([O-])OC. The van der Waals surface area contributed by atoms with Gasteiger partial charge in [0.1, 0.15) is 26.0 Å². The molecule has 0 fully saturated rings. The topological polar surface area (TPSA) is 220 Å². The van der Waals surface area contributed by atoms with Crippen molar-refractivity contribution < 1.29 is 70.8 Å². The van der Waals surface area contributed by atoms with E-state index in [0.717, 1.165) is 7.11 Å². The first-order valence-corrected chi connectivity index (χ1v) is 14.6. The molecule has 0 aliphatic rings. The van der Waals surface area contributed by atoms with Crippen LogP contribution < -0.4 is 20.8 Å². The van der Waals surface area contributed by atoms with Crippen LogP contribution in [0, 0.1) is 0 Å². The van der Waals surface area contributed by atoms with Gasteiger partial charge in [-0.25, -0.2) is 9.59 Å². The van der Waals surface area contributed by atoms with Gasteiger partial charge in [-0.15, -0.1) is 0 Å². The van der Waals surface area contributed by atoms with E-state index in [2.05, 4.69) is 25.0 Å². The van der Waals surface area contributed by atoms with Crippen molar-refractivity contribution in [2.24, 2.45) is 0 Å². The molecule has 0 saturated carbocycles. The Kier molecular flexibility index (Phi) is 26.3. The summed E-state index contributed by atoms with van der Waals surface area (Å²) in [6, 6.07) is 0. The molecule has 42 heavy (non-hydrogen) atoms. The molecular formula is C23H45N3O15P-. The van der Waals surface area contributed by atoms with Crippen molar-refractivity contribution in [3.8, 4) is 0 Å². The summed E-state index contributed by atoms with van der Waals surface area (Å²) in [6.45, 7) is 1.75. The summed E-state index contributed by atoms with van der Waals surface area (Å²) in [4.78, 5) is 46.8. The first-order chi connectivity index (χ1) is 20.2. The van der Waals surface area contributed by atoms with Crippen molar-refractivity contribution in [3.05, 3.63) is 0 Å². The van der Waals surface area contributed by atoms with Crippen LogP contribution >= 0.6 is 7.82 Å². The Labute approximate surface area is 245 Å². The third kappa shape index (κ3) is 26.8. The minimum absolute atomic E-state index is 0.00385. The predicted molar refractivity (Wildman–Crippen MR) is 143 cm³/mol. The summed E-state index contributed by atoms with van der Waals surface area (Å²) in [7, 11) is -0.223.